The van der Waals surface area contributed by atoms with Gasteiger partial charge in [0, 0.05) is 66.0 Å². The highest BCUT2D eigenvalue weighted by Crippen LogP contribution is 2.33. The molecule has 0 atom stereocenters. The predicted octanol–water partition coefficient (Wildman–Crippen LogP) is 6.61. The standard InChI is InChI=1S/C20H25N5O.C14H9F3N4O.C2H6S/c26-18(15-24-10-1-2-11-24)16-6-12-25(13-7-16)19-5-4-17(14-23-19)20-21-8-3-9-22-20;15-14(16,17)12-5-8(3-4-18-12)13-10-6-9(19-7-22)1-2-11(10)20-21-13;1-3-2/h3-5,8-9,14,16H,1-2,6-7,10-13,15H2;1-7H,(H,19,22)(H,20,21);1-2H3. The molecule has 4 aromatic heterocycles. The minimum Gasteiger partial charge on any atom is -0.357 e. The predicted molar refractivity (Wildman–Crippen MR) is 194 cm³/mol. The van der Waals surface area contributed by atoms with Crippen molar-refractivity contribution in [2.75, 3.05) is 55.5 Å². The summed E-state index contributed by atoms with van der Waals surface area (Å²) in [5.41, 5.74) is 1.76. The number of aromatic nitrogens is 6. The van der Waals surface area contributed by atoms with E-state index < -0.39 is 11.9 Å². The van der Waals surface area contributed by atoms with Gasteiger partial charge in [0.05, 0.1) is 12.1 Å². The van der Waals surface area contributed by atoms with Crippen LogP contribution in [0.2, 0.25) is 0 Å². The van der Waals surface area contributed by atoms with Crippen molar-refractivity contribution in [3.05, 3.63) is 79.0 Å². The molecule has 5 aromatic rings. The number of rotatable bonds is 8. The van der Waals surface area contributed by atoms with Crippen LogP contribution in [0.25, 0.3) is 33.5 Å². The minimum absolute atomic E-state index is 0.212. The molecule has 0 bridgehead atoms. The molecule has 11 nitrogen and oxygen atoms in total. The zero-order valence-electron chi connectivity index (χ0n) is 28.4. The molecule has 1 amide bonds. The largest absolute Gasteiger partial charge is 0.433 e. The average molecular weight is 720 g/mol. The molecule has 2 aliphatic heterocycles. The number of carbonyl (C=O) groups is 2. The lowest BCUT2D eigenvalue weighted by atomic mass is 9.92. The van der Waals surface area contributed by atoms with Crippen molar-refractivity contribution in [1.29, 1.82) is 0 Å². The van der Waals surface area contributed by atoms with Crippen LogP contribution in [0.15, 0.2) is 73.3 Å². The molecule has 0 saturated carbocycles. The lowest BCUT2D eigenvalue weighted by molar-refractivity contribution is -0.141. The summed E-state index contributed by atoms with van der Waals surface area (Å²) < 4.78 is 38.2. The van der Waals surface area contributed by atoms with Gasteiger partial charge in [0.15, 0.2) is 5.82 Å². The second-order valence-corrected chi connectivity index (χ2v) is 12.9. The Labute approximate surface area is 298 Å². The fourth-order valence-corrected chi connectivity index (χ4v) is 6.00. The smallest absolute Gasteiger partial charge is 0.357 e. The van der Waals surface area contributed by atoms with Gasteiger partial charge in [0.2, 0.25) is 6.41 Å². The number of nitrogens with zero attached hydrogens (tertiary/aromatic N) is 7. The first-order valence-electron chi connectivity index (χ1n) is 16.6. The number of likely N-dealkylation sites (tertiary alicyclic amines) is 1. The maximum Gasteiger partial charge on any atom is 0.433 e. The van der Waals surface area contributed by atoms with Crippen molar-refractivity contribution < 1.29 is 22.8 Å². The van der Waals surface area contributed by atoms with Crippen molar-refractivity contribution in [3.63, 3.8) is 0 Å². The Kier molecular flexibility index (Phi) is 13.1. The van der Waals surface area contributed by atoms with Crippen molar-refractivity contribution >= 4 is 46.4 Å². The van der Waals surface area contributed by atoms with E-state index >= 15 is 0 Å². The van der Waals surface area contributed by atoms with E-state index in [-0.39, 0.29) is 11.5 Å². The van der Waals surface area contributed by atoms with Crippen LogP contribution in [-0.4, -0.2) is 92.5 Å². The number of aromatic amines is 1. The molecule has 7 rings (SSSR count). The Morgan fingerprint density at radius 3 is 2.31 bits per heavy atom. The highest BCUT2D eigenvalue weighted by Gasteiger charge is 2.33. The molecule has 2 saturated heterocycles. The third-order valence-corrected chi connectivity index (χ3v) is 8.54. The summed E-state index contributed by atoms with van der Waals surface area (Å²) in [4.78, 5) is 44.0. The molecular formula is C36H40F3N9O2S. The van der Waals surface area contributed by atoms with Gasteiger partial charge < -0.3 is 10.2 Å². The van der Waals surface area contributed by atoms with Crippen LogP contribution in [-0.2, 0) is 15.8 Å². The summed E-state index contributed by atoms with van der Waals surface area (Å²) >= 11 is 1.75. The number of fused-ring (bicyclic) bond motifs is 1. The van der Waals surface area contributed by atoms with Crippen molar-refractivity contribution in [3.8, 4) is 22.6 Å². The molecule has 51 heavy (non-hydrogen) atoms. The number of halogens is 3. The quantitative estimate of drug-likeness (QED) is 0.169. The number of pyridine rings is 2. The normalized spacial score (nSPS) is 15.0. The third kappa shape index (κ3) is 10.1. The van der Waals surface area contributed by atoms with Gasteiger partial charge in [0.1, 0.15) is 23.0 Å². The monoisotopic (exact) mass is 719 g/mol. The maximum atomic E-state index is 12.7. The number of alkyl halides is 3. The Morgan fingerprint density at radius 1 is 0.941 bits per heavy atom. The number of thioether (sulfide) groups is 1. The number of piperidine rings is 1. The highest BCUT2D eigenvalue weighted by molar-refractivity contribution is 7.97. The van der Waals surface area contributed by atoms with E-state index in [1.807, 2.05) is 30.8 Å². The first-order chi connectivity index (χ1) is 24.7. The zero-order valence-corrected chi connectivity index (χ0v) is 29.3. The molecule has 0 spiro atoms. The second kappa shape index (κ2) is 17.9. The van der Waals surface area contributed by atoms with Crippen LogP contribution < -0.4 is 10.2 Å². The molecule has 0 aliphatic carbocycles. The highest BCUT2D eigenvalue weighted by atomic mass is 32.2. The number of ketones is 1. The summed E-state index contributed by atoms with van der Waals surface area (Å²) in [6, 6.07) is 13.2. The average Bonchev–Trinajstić information content (AvgIpc) is 3.83. The summed E-state index contributed by atoms with van der Waals surface area (Å²) in [7, 11) is 0. The lowest BCUT2D eigenvalue weighted by Crippen LogP contribution is -2.39. The lowest BCUT2D eigenvalue weighted by Gasteiger charge is -2.32. The Hall–Kier alpha value is -4.89. The topological polar surface area (TPSA) is 133 Å². The third-order valence-electron chi connectivity index (χ3n) is 8.54. The van der Waals surface area contributed by atoms with Crippen molar-refractivity contribution in [2.24, 2.45) is 5.92 Å². The number of H-pyrrole nitrogens is 1. The number of Topliss-reactive ketones (excluding diaryl/α,β-unsaturated/α-hetero) is 1. The van der Waals surface area contributed by atoms with E-state index in [2.05, 4.69) is 45.2 Å². The van der Waals surface area contributed by atoms with Crippen LogP contribution >= 0.6 is 11.8 Å². The molecule has 0 unspecified atom stereocenters. The van der Waals surface area contributed by atoms with Crippen LogP contribution in [0.3, 0.4) is 0 Å². The number of hydrogen-bond acceptors (Lipinski definition) is 10. The van der Waals surface area contributed by atoms with Gasteiger partial charge in [-0.1, -0.05) is 0 Å². The molecule has 2 fully saturated rings. The number of nitrogens with one attached hydrogen (secondary N) is 2. The Bertz CT molecular complexity index is 1860. The molecule has 2 N–H and O–H groups in total. The van der Waals surface area contributed by atoms with Gasteiger partial charge >= 0.3 is 6.18 Å². The molecule has 6 heterocycles. The number of anilines is 2. The van der Waals surface area contributed by atoms with E-state index in [4.69, 9.17) is 0 Å². The fourth-order valence-electron chi connectivity index (χ4n) is 6.00. The van der Waals surface area contributed by atoms with Gasteiger partial charge in [-0.3, -0.25) is 24.6 Å². The van der Waals surface area contributed by atoms with E-state index in [1.165, 1.54) is 18.9 Å². The molecular weight excluding hydrogens is 680 g/mol. The van der Waals surface area contributed by atoms with Crippen molar-refractivity contribution in [1.82, 2.24) is 35.0 Å². The number of hydrogen-bond donors (Lipinski definition) is 2. The van der Waals surface area contributed by atoms with Crippen LogP contribution in [0.5, 0.6) is 0 Å². The summed E-state index contributed by atoms with van der Waals surface area (Å²) in [6.45, 7) is 4.61. The number of amides is 1. The van der Waals surface area contributed by atoms with Crippen LogP contribution in [0.1, 0.15) is 31.4 Å². The van der Waals surface area contributed by atoms with Gasteiger partial charge in [0.25, 0.3) is 0 Å². The molecule has 15 heteroatoms. The second-order valence-electron chi connectivity index (χ2n) is 12.1. The van der Waals surface area contributed by atoms with E-state index in [9.17, 15) is 22.8 Å². The molecule has 0 radical (unpaired) electrons. The summed E-state index contributed by atoms with van der Waals surface area (Å²) in [5.74, 6) is 2.30. The van der Waals surface area contributed by atoms with E-state index in [0.29, 0.717) is 46.8 Å². The first kappa shape index (κ1) is 37.4. The maximum absolute atomic E-state index is 12.7. The Balaban J connectivity index is 0.000000186. The summed E-state index contributed by atoms with van der Waals surface area (Å²) in [5, 5.41) is 9.89. The molecule has 268 valence electrons. The zero-order chi connectivity index (χ0) is 36.2. The number of benzene rings is 1. The minimum atomic E-state index is -4.52. The Morgan fingerprint density at radius 2 is 1.67 bits per heavy atom. The van der Waals surface area contributed by atoms with Gasteiger partial charge in [-0.15, -0.1) is 0 Å². The SMILES string of the molecule is CSC.O=C(CN1CCCC1)C1CCN(c2ccc(-c3ncccn3)cn2)CC1.O=CNc1ccc2[nH]nc(-c3ccnc(C(F)(F)F)c3)c2c1. The van der Waals surface area contributed by atoms with Crippen molar-refractivity contribution in [2.45, 2.75) is 31.9 Å². The van der Waals surface area contributed by atoms with Gasteiger partial charge in [-0.25, -0.2) is 15.0 Å². The van der Waals surface area contributed by atoms with E-state index in [1.54, 1.807) is 48.4 Å². The molecule has 2 aliphatic rings. The fraction of sp³-hybridized carbons (Fsp3) is 0.361. The molecule has 1 aromatic carbocycles. The van der Waals surface area contributed by atoms with E-state index in [0.717, 1.165) is 62.7 Å². The van der Waals surface area contributed by atoms with Crippen LogP contribution in [0, 0.1) is 5.92 Å². The van der Waals surface area contributed by atoms with Gasteiger partial charge in [-0.2, -0.15) is 30.0 Å². The van der Waals surface area contributed by atoms with Crippen LogP contribution in [0.4, 0.5) is 24.7 Å². The number of carbonyl (C=O) groups excluding carboxylic acids is 2. The summed E-state index contributed by atoms with van der Waals surface area (Å²) in [6.07, 6.45) is 10.8. The van der Waals surface area contributed by atoms with Gasteiger partial charge in [-0.05, 0) is 99.8 Å². The first-order valence-corrected chi connectivity index (χ1v) is 18.2.